The molecule has 0 saturated carbocycles. The van der Waals surface area contributed by atoms with E-state index in [2.05, 4.69) is 5.32 Å². The molecule has 0 spiro atoms. The number of thioether (sulfide) groups is 1. The maximum absolute atomic E-state index is 13.0. The number of likely N-dealkylation sites (N-methyl/N-ethyl adjacent to an activating group) is 1. The predicted octanol–water partition coefficient (Wildman–Crippen LogP) is 3.95. The number of nitrogens with one attached hydrogen (secondary N) is 1. The Kier molecular flexibility index (Phi) is 7.92. The smallest absolute Gasteiger partial charge is 0.242 e. The Bertz CT molecular complexity index is 757. The van der Waals surface area contributed by atoms with Gasteiger partial charge in [0.1, 0.15) is 6.04 Å². The number of nitrogens with zero attached hydrogens (tertiary/aromatic N) is 1. The van der Waals surface area contributed by atoms with Gasteiger partial charge in [0.15, 0.2) is 0 Å². The van der Waals surface area contributed by atoms with Crippen LogP contribution >= 0.6 is 11.8 Å². The molecule has 0 radical (unpaired) electrons. The van der Waals surface area contributed by atoms with Crippen molar-refractivity contribution in [3.8, 4) is 0 Å². The Hall–Kier alpha value is -2.27. The Morgan fingerprint density at radius 2 is 1.56 bits per heavy atom. The number of rotatable bonds is 8. The molecule has 27 heavy (non-hydrogen) atoms. The lowest BCUT2D eigenvalue weighted by Gasteiger charge is -2.30. The second kappa shape index (κ2) is 10.2. The molecule has 2 amide bonds. The van der Waals surface area contributed by atoms with Gasteiger partial charge in [-0.05, 0) is 38.0 Å². The topological polar surface area (TPSA) is 49.4 Å². The van der Waals surface area contributed by atoms with E-state index in [4.69, 9.17) is 0 Å². The molecule has 0 aliphatic rings. The number of carbonyl (C=O) groups is 2. The van der Waals surface area contributed by atoms with Gasteiger partial charge in [-0.1, -0.05) is 54.4 Å². The Balaban J connectivity index is 2.15. The highest BCUT2D eigenvalue weighted by Crippen LogP contribution is 2.21. The quantitative estimate of drug-likeness (QED) is 0.701. The highest BCUT2D eigenvalue weighted by atomic mass is 32.2. The summed E-state index contributed by atoms with van der Waals surface area (Å²) >= 11 is 1.50. The van der Waals surface area contributed by atoms with E-state index in [1.165, 1.54) is 22.9 Å². The van der Waals surface area contributed by atoms with E-state index in [1.54, 1.807) is 11.9 Å². The third-order valence-electron chi connectivity index (χ3n) is 4.49. The molecule has 1 N–H and O–H groups in total. The lowest BCUT2D eigenvalue weighted by Crippen LogP contribution is -2.48. The fourth-order valence-electron chi connectivity index (χ4n) is 2.84. The monoisotopic (exact) mass is 384 g/mol. The first-order valence-corrected chi connectivity index (χ1v) is 10.2. The van der Waals surface area contributed by atoms with Crippen molar-refractivity contribution in [3.05, 3.63) is 65.2 Å². The standard InChI is InChI=1S/C22H28N2O2S/c1-5-20(22(26)23-4)24(14-18-10-6-16(2)7-11-18)21(25)15-27-19-12-8-17(3)9-13-19/h6-13,20H,5,14-15H2,1-4H3,(H,23,26)/t20-/m0/s1. The second-order valence-corrected chi connectivity index (χ2v) is 7.70. The average molecular weight is 385 g/mol. The summed E-state index contributed by atoms with van der Waals surface area (Å²) in [5.41, 5.74) is 3.39. The molecule has 5 heteroatoms. The lowest BCUT2D eigenvalue weighted by molar-refractivity contribution is -0.139. The van der Waals surface area contributed by atoms with Crippen LogP contribution in [-0.4, -0.2) is 35.6 Å². The zero-order chi connectivity index (χ0) is 19.8. The highest BCUT2D eigenvalue weighted by molar-refractivity contribution is 8.00. The van der Waals surface area contributed by atoms with E-state index in [1.807, 2.05) is 69.3 Å². The van der Waals surface area contributed by atoms with Crippen LogP contribution in [0.25, 0.3) is 0 Å². The van der Waals surface area contributed by atoms with Crippen LogP contribution in [0.3, 0.4) is 0 Å². The first-order chi connectivity index (χ1) is 12.9. The Labute approximate surface area is 166 Å². The molecule has 0 aromatic heterocycles. The first kappa shape index (κ1) is 21.0. The van der Waals surface area contributed by atoms with Crippen molar-refractivity contribution in [2.45, 2.75) is 44.7 Å². The summed E-state index contributed by atoms with van der Waals surface area (Å²) in [6, 6.07) is 15.7. The number of hydrogen-bond donors (Lipinski definition) is 1. The number of hydrogen-bond acceptors (Lipinski definition) is 3. The zero-order valence-electron chi connectivity index (χ0n) is 16.5. The van der Waals surface area contributed by atoms with Crippen molar-refractivity contribution in [1.29, 1.82) is 0 Å². The summed E-state index contributed by atoms with van der Waals surface area (Å²) in [7, 11) is 1.61. The number of carbonyl (C=O) groups excluding carboxylic acids is 2. The summed E-state index contributed by atoms with van der Waals surface area (Å²) < 4.78 is 0. The molecule has 2 aromatic rings. The minimum Gasteiger partial charge on any atom is -0.357 e. The lowest BCUT2D eigenvalue weighted by atomic mass is 10.1. The fourth-order valence-corrected chi connectivity index (χ4v) is 3.62. The molecule has 2 aromatic carbocycles. The van der Waals surface area contributed by atoms with Crippen LogP contribution in [0.1, 0.15) is 30.0 Å². The predicted molar refractivity (Wildman–Crippen MR) is 112 cm³/mol. The molecule has 0 bridgehead atoms. The van der Waals surface area contributed by atoms with Gasteiger partial charge in [-0.15, -0.1) is 11.8 Å². The van der Waals surface area contributed by atoms with Gasteiger partial charge in [0.25, 0.3) is 0 Å². The molecule has 0 saturated heterocycles. The number of amides is 2. The number of aryl methyl sites for hydroxylation is 2. The van der Waals surface area contributed by atoms with Gasteiger partial charge in [-0.3, -0.25) is 9.59 Å². The largest absolute Gasteiger partial charge is 0.357 e. The Morgan fingerprint density at radius 3 is 2.07 bits per heavy atom. The van der Waals surface area contributed by atoms with Crippen molar-refractivity contribution in [3.63, 3.8) is 0 Å². The maximum Gasteiger partial charge on any atom is 0.242 e. The van der Waals surface area contributed by atoms with Crippen molar-refractivity contribution < 1.29 is 9.59 Å². The van der Waals surface area contributed by atoms with Crippen molar-refractivity contribution in [2.24, 2.45) is 0 Å². The van der Waals surface area contributed by atoms with Crippen LogP contribution in [-0.2, 0) is 16.1 Å². The highest BCUT2D eigenvalue weighted by Gasteiger charge is 2.27. The normalized spacial score (nSPS) is 11.7. The third-order valence-corrected chi connectivity index (χ3v) is 5.49. The van der Waals surface area contributed by atoms with Crippen molar-refractivity contribution >= 4 is 23.6 Å². The molecule has 4 nitrogen and oxygen atoms in total. The average Bonchev–Trinajstić information content (AvgIpc) is 2.68. The van der Waals surface area contributed by atoms with Gasteiger partial charge in [0.2, 0.25) is 11.8 Å². The molecule has 0 heterocycles. The van der Waals surface area contributed by atoms with Crippen LogP contribution in [0.2, 0.25) is 0 Å². The molecule has 1 atom stereocenters. The first-order valence-electron chi connectivity index (χ1n) is 9.20. The van der Waals surface area contributed by atoms with E-state index < -0.39 is 6.04 Å². The maximum atomic E-state index is 13.0. The van der Waals surface area contributed by atoms with Crippen LogP contribution in [0.15, 0.2) is 53.4 Å². The summed E-state index contributed by atoms with van der Waals surface area (Å²) in [5.74, 6) is 0.150. The summed E-state index contributed by atoms with van der Waals surface area (Å²) in [6.45, 7) is 6.43. The van der Waals surface area contributed by atoms with E-state index in [9.17, 15) is 9.59 Å². The summed E-state index contributed by atoms with van der Waals surface area (Å²) in [4.78, 5) is 28.1. The van der Waals surface area contributed by atoms with Crippen molar-refractivity contribution in [1.82, 2.24) is 10.2 Å². The minimum absolute atomic E-state index is 0.0309. The molecule has 0 fully saturated rings. The van der Waals surface area contributed by atoms with Crippen LogP contribution in [0, 0.1) is 13.8 Å². The van der Waals surface area contributed by atoms with Gasteiger partial charge in [0, 0.05) is 18.5 Å². The van der Waals surface area contributed by atoms with E-state index >= 15 is 0 Å². The third kappa shape index (κ3) is 6.14. The summed E-state index contributed by atoms with van der Waals surface area (Å²) in [5, 5.41) is 2.69. The van der Waals surface area contributed by atoms with Gasteiger partial charge < -0.3 is 10.2 Å². The molecule has 0 unspecified atom stereocenters. The van der Waals surface area contributed by atoms with Crippen LogP contribution in [0.4, 0.5) is 0 Å². The van der Waals surface area contributed by atoms with E-state index in [0.29, 0.717) is 18.7 Å². The zero-order valence-corrected chi connectivity index (χ0v) is 17.3. The van der Waals surface area contributed by atoms with Crippen molar-refractivity contribution in [2.75, 3.05) is 12.8 Å². The van der Waals surface area contributed by atoms with Crippen LogP contribution in [0.5, 0.6) is 0 Å². The fraction of sp³-hybridized carbons (Fsp3) is 0.364. The molecule has 0 aliphatic carbocycles. The SMILES string of the molecule is CC[C@@H](C(=O)NC)N(Cc1ccc(C)cc1)C(=O)CSc1ccc(C)cc1. The molecular weight excluding hydrogens is 356 g/mol. The number of benzene rings is 2. The van der Waals surface area contributed by atoms with E-state index in [-0.39, 0.29) is 11.8 Å². The van der Waals surface area contributed by atoms with E-state index in [0.717, 1.165) is 10.5 Å². The molecule has 144 valence electrons. The molecule has 0 aliphatic heterocycles. The molecular formula is C22H28N2O2S. The minimum atomic E-state index is -0.470. The van der Waals surface area contributed by atoms with Gasteiger partial charge in [-0.2, -0.15) is 0 Å². The molecule has 2 rings (SSSR count). The van der Waals surface area contributed by atoms with Gasteiger partial charge >= 0.3 is 0 Å². The van der Waals surface area contributed by atoms with Gasteiger partial charge in [-0.25, -0.2) is 0 Å². The second-order valence-electron chi connectivity index (χ2n) is 6.65. The summed E-state index contributed by atoms with van der Waals surface area (Å²) in [6.07, 6.45) is 0.576. The Morgan fingerprint density at radius 1 is 1.00 bits per heavy atom. The van der Waals surface area contributed by atoms with Crippen LogP contribution < -0.4 is 5.32 Å². The van der Waals surface area contributed by atoms with Gasteiger partial charge in [0.05, 0.1) is 5.75 Å².